The summed E-state index contributed by atoms with van der Waals surface area (Å²) in [5, 5.41) is 0. The molecule has 22 heavy (non-hydrogen) atoms. The molecule has 0 heterocycles. The van der Waals surface area contributed by atoms with E-state index in [1.807, 2.05) is 0 Å². The van der Waals surface area contributed by atoms with Crippen LogP contribution in [0.5, 0.6) is 0 Å². The van der Waals surface area contributed by atoms with E-state index in [9.17, 15) is 0 Å². The molecule has 0 spiro atoms. The molecular formula is C22H20. The highest BCUT2D eigenvalue weighted by Crippen LogP contribution is 2.52. The molecule has 0 N–H and O–H groups in total. The van der Waals surface area contributed by atoms with Crippen molar-refractivity contribution in [2.45, 2.75) is 26.2 Å². The third kappa shape index (κ3) is 1.64. The predicted molar refractivity (Wildman–Crippen MR) is 93.4 cm³/mol. The lowest BCUT2D eigenvalue weighted by molar-refractivity contribution is 0.712. The molecule has 0 amide bonds. The van der Waals surface area contributed by atoms with Gasteiger partial charge in [-0.05, 0) is 59.7 Å². The van der Waals surface area contributed by atoms with Crippen LogP contribution in [-0.2, 0) is 5.41 Å². The second kappa shape index (κ2) is 4.58. The molecule has 1 aliphatic carbocycles. The maximum atomic E-state index is 2.36. The summed E-state index contributed by atoms with van der Waals surface area (Å²) in [6, 6.07) is 24.6. The van der Waals surface area contributed by atoms with Gasteiger partial charge < -0.3 is 0 Å². The van der Waals surface area contributed by atoms with E-state index >= 15 is 0 Å². The summed E-state index contributed by atoms with van der Waals surface area (Å²) < 4.78 is 0. The highest BCUT2D eigenvalue weighted by Gasteiger charge is 2.40. The molecule has 3 aromatic carbocycles. The summed E-state index contributed by atoms with van der Waals surface area (Å²) in [5.41, 5.74) is 9.61. The van der Waals surface area contributed by atoms with E-state index in [-0.39, 0.29) is 5.41 Å². The van der Waals surface area contributed by atoms with E-state index in [4.69, 9.17) is 0 Å². The first-order valence-corrected chi connectivity index (χ1v) is 7.89. The molecular weight excluding hydrogens is 264 g/mol. The van der Waals surface area contributed by atoms with Crippen molar-refractivity contribution in [3.05, 3.63) is 94.5 Å². The maximum Gasteiger partial charge on any atom is 0.0435 e. The Morgan fingerprint density at radius 3 is 1.73 bits per heavy atom. The van der Waals surface area contributed by atoms with Gasteiger partial charge in [-0.15, -0.1) is 0 Å². The zero-order chi connectivity index (χ0) is 15.3. The van der Waals surface area contributed by atoms with E-state index < -0.39 is 0 Å². The summed E-state index contributed by atoms with van der Waals surface area (Å²) >= 11 is 0. The molecule has 0 radical (unpaired) electrons. The average molecular weight is 284 g/mol. The zero-order valence-corrected chi connectivity index (χ0v) is 13.4. The van der Waals surface area contributed by atoms with Gasteiger partial charge in [-0.1, -0.05) is 66.7 Å². The van der Waals surface area contributed by atoms with Gasteiger partial charge in [0.2, 0.25) is 0 Å². The third-order valence-corrected chi connectivity index (χ3v) is 5.31. The van der Waals surface area contributed by atoms with Crippen molar-refractivity contribution in [1.29, 1.82) is 0 Å². The maximum absolute atomic E-state index is 2.36. The number of rotatable bonds is 1. The van der Waals surface area contributed by atoms with Gasteiger partial charge in [0, 0.05) is 5.41 Å². The van der Waals surface area contributed by atoms with E-state index in [2.05, 4.69) is 87.5 Å². The predicted octanol–water partition coefficient (Wildman–Crippen LogP) is 5.64. The van der Waals surface area contributed by atoms with Crippen LogP contribution in [0.4, 0.5) is 0 Å². The highest BCUT2D eigenvalue weighted by molar-refractivity contribution is 5.83. The van der Waals surface area contributed by atoms with Crippen LogP contribution in [0.1, 0.15) is 34.7 Å². The Bertz CT molecular complexity index is 825. The number of hydrogen-bond acceptors (Lipinski definition) is 0. The molecule has 0 fully saturated rings. The van der Waals surface area contributed by atoms with Gasteiger partial charge in [0.1, 0.15) is 0 Å². The standard InChI is InChI=1S/C22H20/c1-15-12-13-17(14-16(15)2)22(3)20-10-6-4-8-18(20)19-9-5-7-11-21(19)22/h4-14H,1-3H3. The van der Waals surface area contributed by atoms with Crippen LogP contribution in [0.3, 0.4) is 0 Å². The minimum Gasteiger partial charge on any atom is -0.0619 e. The van der Waals surface area contributed by atoms with Crippen LogP contribution >= 0.6 is 0 Å². The zero-order valence-electron chi connectivity index (χ0n) is 13.4. The molecule has 0 saturated carbocycles. The quantitative estimate of drug-likeness (QED) is 0.542. The van der Waals surface area contributed by atoms with E-state index in [1.54, 1.807) is 0 Å². The van der Waals surface area contributed by atoms with E-state index in [0.29, 0.717) is 0 Å². The Morgan fingerprint density at radius 2 is 1.18 bits per heavy atom. The van der Waals surface area contributed by atoms with Crippen LogP contribution < -0.4 is 0 Å². The van der Waals surface area contributed by atoms with Gasteiger partial charge in [0.05, 0.1) is 0 Å². The SMILES string of the molecule is Cc1ccc(C2(C)c3ccccc3-c3ccccc32)cc1C. The topological polar surface area (TPSA) is 0 Å². The Morgan fingerprint density at radius 1 is 0.636 bits per heavy atom. The molecule has 0 bridgehead atoms. The lowest BCUT2D eigenvalue weighted by atomic mass is 9.74. The fourth-order valence-electron chi connectivity index (χ4n) is 3.82. The van der Waals surface area contributed by atoms with Gasteiger partial charge in [0.25, 0.3) is 0 Å². The Balaban J connectivity index is 2.06. The number of aryl methyl sites for hydroxylation is 2. The summed E-state index contributed by atoms with van der Waals surface area (Å²) in [7, 11) is 0. The summed E-state index contributed by atoms with van der Waals surface area (Å²) in [6.45, 7) is 6.74. The first kappa shape index (κ1) is 13.3. The smallest absolute Gasteiger partial charge is 0.0435 e. The first-order chi connectivity index (χ1) is 10.6. The van der Waals surface area contributed by atoms with Crippen LogP contribution in [0.2, 0.25) is 0 Å². The molecule has 0 aromatic heterocycles. The van der Waals surface area contributed by atoms with Crippen molar-refractivity contribution in [3.63, 3.8) is 0 Å². The molecule has 0 saturated heterocycles. The summed E-state index contributed by atoms with van der Waals surface area (Å²) in [5.74, 6) is 0. The molecule has 0 unspecified atom stereocenters. The van der Waals surface area contributed by atoms with Gasteiger partial charge in [-0.2, -0.15) is 0 Å². The Labute approximate surface area is 132 Å². The average Bonchev–Trinajstić information content (AvgIpc) is 2.82. The van der Waals surface area contributed by atoms with Crippen LogP contribution in [-0.4, -0.2) is 0 Å². The first-order valence-electron chi connectivity index (χ1n) is 7.89. The minimum absolute atomic E-state index is 0.0638. The van der Waals surface area contributed by atoms with Crippen molar-refractivity contribution >= 4 is 0 Å². The Hall–Kier alpha value is -2.34. The lowest BCUT2D eigenvalue weighted by Gasteiger charge is -2.29. The molecule has 0 heteroatoms. The largest absolute Gasteiger partial charge is 0.0619 e. The summed E-state index contributed by atoms with van der Waals surface area (Å²) in [4.78, 5) is 0. The molecule has 3 aromatic rings. The van der Waals surface area contributed by atoms with Gasteiger partial charge in [0.15, 0.2) is 0 Å². The van der Waals surface area contributed by atoms with Crippen LogP contribution in [0.15, 0.2) is 66.7 Å². The number of benzene rings is 3. The van der Waals surface area contributed by atoms with E-state index in [0.717, 1.165) is 0 Å². The van der Waals surface area contributed by atoms with Crippen LogP contribution in [0, 0.1) is 13.8 Å². The van der Waals surface area contributed by atoms with Gasteiger partial charge >= 0.3 is 0 Å². The van der Waals surface area contributed by atoms with Gasteiger partial charge in [-0.3, -0.25) is 0 Å². The van der Waals surface area contributed by atoms with Gasteiger partial charge in [-0.25, -0.2) is 0 Å². The lowest BCUT2D eigenvalue weighted by Crippen LogP contribution is -2.22. The summed E-state index contributed by atoms with van der Waals surface area (Å²) in [6.07, 6.45) is 0. The molecule has 4 rings (SSSR count). The van der Waals surface area contributed by atoms with Crippen molar-refractivity contribution in [2.24, 2.45) is 0 Å². The normalized spacial score (nSPS) is 14.5. The Kier molecular flexibility index (Phi) is 2.77. The van der Waals surface area contributed by atoms with Crippen molar-refractivity contribution in [2.75, 3.05) is 0 Å². The minimum atomic E-state index is -0.0638. The fourth-order valence-corrected chi connectivity index (χ4v) is 3.82. The van der Waals surface area contributed by atoms with E-state index in [1.165, 1.54) is 38.9 Å². The molecule has 0 nitrogen and oxygen atoms in total. The third-order valence-electron chi connectivity index (χ3n) is 5.31. The molecule has 0 atom stereocenters. The second-order valence-corrected chi connectivity index (χ2v) is 6.52. The fraction of sp³-hybridized carbons (Fsp3) is 0.182. The number of fused-ring (bicyclic) bond motifs is 3. The van der Waals surface area contributed by atoms with Crippen molar-refractivity contribution in [1.82, 2.24) is 0 Å². The second-order valence-electron chi connectivity index (χ2n) is 6.52. The molecule has 108 valence electrons. The van der Waals surface area contributed by atoms with Crippen molar-refractivity contribution in [3.8, 4) is 11.1 Å². The molecule has 0 aliphatic heterocycles. The monoisotopic (exact) mass is 284 g/mol. The highest BCUT2D eigenvalue weighted by atomic mass is 14.4. The van der Waals surface area contributed by atoms with Crippen molar-refractivity contribution < 1.29 is 0 Å². The molecule has 1 aliphatic rings. The van der Waals surface area contributed by atoms with Crippen LogP contribution in [0.25, 0.3) is 11.1 Å². The number of hydrogen-bond donors (Lipinski definition) is 0.